The molecular formula is C21H42O4. The van der Waals surface area contributed by atoms with Crippen molar-refractivity contribution in [2.24, 2.45) is 0 Å². The maximum Gasteiger partial charge on any atom is 0.187 e. The molecule has 0 aliphatic rings. The molecule has 150 valence electrons. The molecule has 4 heteroatoms. The number of unbranched alkanes of at least 4 members (excludes halogenated alkanes) is 8. The normalized spacial score (nSPS) is 11.7. The van der Waals surface area contributed by atoms with Gasteiger partial charge in [0, 0.05) is 20.3 Å². The summed E-state index contributed by atoms with van der Waals surface area (Å²) in [7, 11) is 1.63. The van der Waals surface area contributed by atoms with E-state index in [1.165, 1.54) is 51.4 Å². The topological polar surface area (TPSA) is 36.9 Å². The van der Waals surface area contributed by atoms with Crippen molar-refractivity contribution >= 4 is 0 Å². The van der Waals surface area contributed by atoms with Gasteiger partial charge in [0.15, 0.2) is 13.1 Å². The van der Waals surface area contributed by atoms with Gasteiger partial charge in [0.25, 0.3) is 0 Å². The summed E-state index contributed by atoms with van der Waals surface area (Å²) in [6.07, 6.45) is 18.0. The lowest BCUT2D eigenvalue weighted by atomic mass is 10.1. The Morgan fingerprint density at radius 1 is 0.760 bits per heavy atom. The number of allylic oxidation sites excluding steroid dienone is 1. The van der Waals surface area contributed by atoms with Crippen molar-refractivity contribution in [1.82, 2.24) is 0 Å². The molecule has 0 bridgehead atoms. The molecule has 0 amide bonds. The quantitative estimate of drug-likeness (QED) is 0.147. The van der Waals surface area contributed by atoms with Gasteiger partial charge < -0.3 is 18.9 Å². The first-order chi connectivity index (χ1) is 12.3. The van der Waals surface area contributed by atoms with E-state index in [1.54, 1.807) is 13.4 Å². The Labute approximate surface area is 156 Å². The Morgan fingerprint density at radius 2 is 1.40 bits per heavy atom. The average Bonchev–Trinajstić information content (AvgIpc) is 2.63. The van der Waals surface area contributed by atoms with E-state index in [2.05, 4.69) is 19.9 Å². The third-order valence-corrected chi connectivity index (χ3v) is 4.04. The van der Waals surface area contributed by atoms with Crippen molar-refractivity contribution in [2.45, 2.75) is 97.2 Å². The monoisotopic (exact) mass is 358 g/mol. The molecule has 0 aromatic heterocycles. The standard InChI is InChI=1S/C21H42O4/c1-4-6-13-18-24-21(25-19-14-7-5-2)16-12-10-8-9-11-15-17-23-20-22-3/h15,17,21H,4-14,16,18-20H2,1-3H3. The number of hydrogen-bond acceptors (Lipinski definition) is 4. The maximum atomic E-state index is 5.95. The summed E-state index contributed by atoms with van der Waals surface area (Å²) in [5.74, 6) is 0. The van der Waals surface area contributed by atoms with Crippen LogP contribution in [0.5, 0.6) is 0 Å². The summed E-state index contributed by atoms with van der Waals surface area (Å²) in [4.78, 5) is 0. The van der Waals surface area contributed by atoms with Crippen LogP contribution < -0.4 is 0 Å². The summed E-state index contributed by atoms with van der Waals surface area (Å²) in [6, 6.07) is 0. The van der Waals surface area contributed by atoms with Crippen LogP contribution in [0.25, 0.3) is 0 Å². The van der Waals surface area contributed by atoms with Gasteiger partial charge >= 0.3 is 0 Å². The SMILES string of the molecule is CCCCCOC(CCCCCCC=COCOC)OCCCCC. The fourth-order valence-electron chi connectivity index (χ4n) is 2.52. The molecule has 0 aromatic carbocycles. The zero-order valence-corrected chi connectivity index (χ0v) is 17.0. The fourth-order valence-corrected chi connectivity index (χ4v) is 2.52. The highest BCUT2D eigenvalue weighted by molar-refractivity contribution is 4.72. The van der Waals surface area contributed by atoms with E-state index in [0.29, 0.717) is 6.79 Å². The Hall–Kier alpha value is -0.580. The van der Waals surface area contributed by atoms with Gasteiger partial charge in [-0.15, -0.1) is 0 Å². The smallest absolute Gasteiger partial charge is 0.187 e. The van der Waals surface area contributed by atoms with E-state index in [0.717, 1.165) is 38.9 Å². The molecule has 0 atom stereocenters. The fraction of sp³-hybridized carbons (Fsp3) is 0.905. The minimum Gasteiger partial charge on any atom is -0.476 e. The van der Waals surface area contributed by atoms with Crippen molar-refractivity contribution in [3.63, 3.8) is 0 Å². The van der Waals surface area contributed by atoms with Crippen LogP contribution in [0.15, 0.2) is 12.3 Å². The molecule has 0 N–H and O–H groups in total. The predicted octanol–water partition coefficient (Wildman–Crippen LogP) is 6.20. The molecule has 0 aliphatic carbocycles. The van der Waals surface area contributed by atoms with Crippen LogP contribution in [0.2, 0.25) is 0 Å². The second-order valence-electron chi connectivity index (χ2n) is 6.52. The van der Waals surface area contributed by atoms with E-state index in [9.17, 15) is 0 Å². The van der Waals surface area contributed by atoms with E-state index in [4.69, 9.17) is 18.9 Å². The molecule has 0 spiro atoms. The van der Waals surface area contributed by atoms with Gasteiger partial charge in [0.2, 0.25) is 0 Å². The van der Waals surface area contributed by atoms with Crippen molar-refractivity contribution in [3.05, 3.63) is 12.3 Å². The molecule has 0 rings (SSSR count). The first kappa shape index (κ1) is 24.4. The summed E-state index contributed by atoms with van der Waals surface area (Å²) >= 11 is 0. The van der Waals surface area contributed by atoms with Crippen LogP contribution in [0, 0.1) is 0 Å². The van der Waals surface area contributed by atoms with Gasteiger partial charge in [-0.25, -0.2) is 0 Å². The first-order valence-electron chi connectivity index (χ1n) is 10.3. The van der Waals surface area contributed by atoms with E-state index in [-0.39, 0.29) is 6.29 Å². The minimum absolute atomic E-state index is 0.00366. The van der Waals surface area contributed by atoms with Crippen LogP contribution in [-0.2, 0) is 18.9 Å². The number of rotatable bonds is 20. The third-order valence-electron chi connectivity index (χ3n) is 4.04. The number of hydrogen-bond donors (Lipinski definition) is 0. The average molecular weight is 359 g/mol. The van der Waals surface area contributed by atoms with E-state index < -0.39 is 0 Å². The molecule has 0 aliphatic heterocycles. The molecule has 0 fully saturated rings. The number of ether oxygens (including phenoxy) is 4. The van der Waals surface area contributed by atoms with Crippen molar-refractivity contribution in [1.29, 1.82) is 0 Å². The first-order valence-corrected chi connectivity index (χ1v) is 10.3. The zero-order valence-electron chi connectivity index (χ0n) is 17.0. The summed E-state index contributed by atoms with van der Waals surface area (Å²) < 4.78 is 21.8. The lowest BCUT2D eigenvalue weighted by Crippen LogP contribution is -2.19. The van der Waals surface area contributed by atoms with Gasteiger partial charge in [-0.05, 0) is 44.6 Å². The molecule has 0 radical (unpaired) electrons. The Kier molecular flexibility index (Phi) is 21.0. The van der Waals surface area contributed by atoms with E-state index >= 15 is 0 Å². The van der Waals surface area contributed by atoms with Crippen LogP contribution in [-0.4, -0.2) is 33.4 Å². The molecule has 0 saturated heterocycles. The van der Waals surface area contributed by atoms with Gasteiger partial charge in [-0.1, -0.05) is 52.4 Å². The van der Waals surface area contributed by atoms with Crippen molar-refractivity contribution < 1.29 is 18.9 Å². The van der Waals surface area contributed by atoms with Gasteiger partial charge in [0.1, 0.15) is 0 Å². The number of methoxy groups -OCH3 is 1. The molecule has 0 aromatic rings. The molecule has 0 heterocycles. The highest BCUT2D eigenvalue weighted by Gasteiger charge is 2.09. The van der Waals surface area contributed by atoms with Crippen LogP contribution in [0.4, 0.5) is 0 Å². The Balaban J connectivity index is 3.67. The lowest BCUT2D eigenvalue weighted by Gasteiger charge is -2.18. The van der Waals surface area contributed by atoms with Gasteiger partial charge in [-0.3, -0.25) is 0 Å². The van der Waals surface area contributed by atoms with Crippen molar-refractivity contribution in [2.75, 3.05) is 27.1 Å². The molecule has 0 unspecified atom stereocenters. The summed E-state index contributed by atoms with van der Waals surface area (Å²) in [6.45, 7) is 6.43. The summed E-state index contributed by atoms with van der Waals surface area (Å²) in [5, 5.41) is 0. The Bertz CT molecular complexity index is 257. The minimum atomic E-state index is -0.00366. The predicted molar refractivity (Wildman–Crippen MR) is 105 cm³/mol. The third kappa shape index (κ3) is 19.6. The zero-order chi connectivity index (χ0) is 18.4. The van der Waals surface area contributed by atoms with Gasteiger partial charge in [-0.2, -0.15) is 0 Å². The molecular weight excluding hydrogens is 316 g/mol. The molecule has 4 nitrogen and oxygen atoms in total. The van der Waals surface area contributed by atoms with Crippen LogP contribution >= 0.6 is 0 Å². The van der Waals surface area contributed by atoms with Crippen molar-refractivity contribution in [3.8, 4) is 0 Å². The molecule has 25 heavy (non-hydrogen) atoms. The van der Waals surface area contributed by atoms with Gasteiger partial charge in [0.05, 0.1) is 6.26 Å². The van der Waals surface area contributed by atoms with E-state index in [1.807, 2.05) is 0 Å². The lowest BCUT2D eigenvalue weighted by molar-refractivity contribution is -0.148. The Morgan fingerprint density at radius 3 is 2.00 bits per heavy atom. The molecule has 0 saturated carbocycles. The summed E-state index contributed by atoms with van der Waals surface area (Å²) in [5.41, 5.74) is 0. The van der Waals surface area contributed by atoms with Crippen LogP contribution in [0.1, 0.15) is 90.9 Å². The largest absolute Gasteiger partial charge is 0.476 e. The maximum absolute atomic E-state index is 5.95. The second kappa shape index (κ2) is 21.5. The second-order valence-corrected chi connectivity index (χ2v) is 6.52. The highest BCUT2D eigenvalue weighted by atomic mass is 16.7. The highest BCUT2D eigenvalue weighted by Crippen LogP contribution is 2.12. The van der Waals surface area contributed by atoms with Crippen LogP contribution in [0.3, 0.4) is 0 Å².